The fourth-order valence-electron chi connectivity index (χ4n) is 2.38. The van der Waals surface area contributed by atoms with Gasteiger partial charge in [0.1, 0.15) is 0 Å². The van der Waals surface area contributed by atoms with Crippen molar-refractivity contribution in [1.29, 1.82) is 0 Å². The van der Waals surface area contributed by atoms with E-state index in [2.05, 4.69) is 22.1 Å². The van der Waals surface area contributed by atoms with Crippen molar-refractivity contribution in [1.82, 2.24) is 10.3 Å². The molecule has 1 aliphatic carbocycles. The zero-order chi connectivity index (χ0) is 14.9. The molecule has 0 spiro atoms. The summed E-state index contributed by atoms with van der Waals surface area (Å²) >= 11 is 0. The minimum Gasteiger partial charge on any atom is -0.376 e. The molecule has 5 nitrogen and oxygen atoms in total. The smallest absolute Gasteiger partial charge is 0.252 e. The molecule has 112 valence electrons. The summed E-state index contributed by atoms with van der Waals surface area (Å²) in [7, 11) is 0. The Morgan fingerprint density at radius 2 is 2.29 bits per heavy atom. The second-order valence-corrected chi connectivity index (χ2v) is 4.96. The molecular formula is C16H21N3O2. The van der Waals surface area contributed by atoms with Crippen LogP contribution < -0.4 is 11.1 Å². The molecule has 1 saturated carbocycles. The molecule has 1 aromatic heterocycles. The SMILES string of the molecule is NCC#Cc1cnccc1C(=O)NCCOC1CCCC1. The number of hydrogen-bond donors (Lipinski definition) is 2. The van der Waals surface area contributed by atoms with E-state index in [1.807, 2.05) is 0 Å². The number of carbonyl (C=O) groups is 1. The monoisotopic (exact) mass is 287 g/mol. The van der Waals surface area contributed by atoms with Crippen LogP contribution in [0.1, 0.15) is 41.6 Å². The molecule has 21 heavy (non-hydrogen) atoms. The Balaban J connectivity index is 1.82. The first-order valence-electron chi connectivity index (χ1n) is 7.34. The Labute approximate surface area is 125 Å². The van der Waals surface area contributed by atoms with Crippen molar-refractivity contribution in [2.75, 3.05) is 19.7 Å². The normalized spacial score (nSPS) is 14.5. The molecule has 0 saturated heterocycles. The molecule has 5 heteroatoms. The van der Waals surface area contributed by atoms with Crippen LogP contribution in [0.5, 0.6) is 0 Å². The fourth-order valence-corrected chi connectivity index (χ4v) is 2.38. The molecule has 0 aliphatic heterocycles. The van der Waals surface area contributed by atoms with Gasteiger partial charge in [0.15, 0.2) is 0 Å². The van der Waals surface area contributed by atoms with Gasteiger partial charge in [-0.15, -0.1) is 0 Å². The highest BCUT2D eigenvalue weighted by molar-refractivity contribution is 5.96. The Kier molecular flexibility index (Phi) is 6.20. The first kappa shape index (κ1) is 15.5. The third-order valence-electron chi connectivity index (χ3n) is 3.43. The van der Waals surface area contributed by atoms with Crippen LogP contribution in [0.15, 0.2) is 18.5 Å². The highest BCUT2D eigenvalue weighted by Crippen LogP contribution is 2.20. The van der Waals surface area contributed by atoms with Crippen molar-refractivity contribution >= 4 is 5.91 Å². The van der Waals surface area contributed by atoms with Crippen molar-refractivity contribution in [3.8, 4) is 11.8 Å². The first-order chi connectivity index (χ1) is 10.3. The number of rotatable bonds is 5. The standard InChI is InChI=1S/C16H21N3O2/c17-8-3-4-13-12-18-9-7-15(13)16(20)19-10-11-21-14-5-1-2-6-14/h7,9,12,14H,1-2,5-6,8,10-11,17H2,(H,19,20). The average molecular weight is 287 g/mol. The van der Waals surface area contributed by atoms with Crippen LogP contribution in [0.3, 0.4) is 0 Å². The summed E-state index contributed by atoms with van der Waals surface area (Å²) in [6.45, 7) is 1.30. The minimum absolute atomic E-state index is 0.159. The largest absolute Gasteiger partial charge is 0.376 e. The maximum absolute atomic E-state index is 12.1. The van der Waals surface area contributed by atoms with Crippen molar-refractivity contribution in [2.45, 2.75) is 31.8 Å². The van der Waals surface area contributed by atoms with E-state index < -0.39 is 0 Å². The number of nitrogens with zero attached hydrogens (tertiary/aromatic N) is 1. The lowest BCUT2D eigenvalue weighted by atomic mass is 10.1. The van der Waals surface area contributed by atoms with Crippen LogP contribution in [0.25, 0.3) is 0 Å². The van der Waals surface area contributed by atoms with Crippen molar-refractivity contribution in [2.24, 2.45) is 5.73 Å². The van der Waals surface area contributed by atoms with Crippen LogP contribution in [-0.4, -0.2) is 36.7 Å². The van der Waals surface area contributed by atoms with Crippen LogP contribution in [0, 0.1) is 11.8 Å². The minimum atomic E-state index is -0.159. The van der Waals surface area contributed by atoms with E-state index in [0.29, 0.717) is 30.4 Å². The summed E-state index contributed by atoms with van der Waals surface area (Å²) in [6.07, 6.45) is 8.29. The Hall–Kier alpha value is -1.90. The number of ether oxygens (including phenoxy) is 1. The van der Waals surface area contributed by atoms with Crippen LogP contribution in [0.2, 0.25) is 0 Å². The van der Waals surface area contributed by atoms with E-state index in [0.717, 1.165) is 12.8 Å². The van der Waals surface area contributed by atoms with Crippen molar-refractivity contribution in [3.05, 3.63) is 29.6 Å². The van der Waals surface area contributed by atoms with Gasteiger partial charge in [0, 0.05) is 18.9 Å². The molecule has 1 heterocycles. The molecular weight excluding hydrogens is 266 g/mol. The van der Waals surface area contributed by atoms with E-state index in [1.165, 1.54) is 12.8 Å². The molecule has 0 aromatic carbocycles. The van der Waals surface area contributed by atoms with Gasteiger partial charge >= 0.3 is 0 Å². The second-order valence-electron chi connectivity index (χ2n) is 4.96. The van der Waals surface area contributed by atoms with Crippen LogP contribution >= 0.6 is 0 Å². The summed E-state index contributed by atoms with van der Waals surface area (Å²) in [5.74, 6) is 5.44. The van der Waals surface area contributed by atoms with E-state index in [-0.39, 0.29) is 12.5 Å². The molecule has 1 amide bonds. The molecule has 1 aromatic rings. The number of carbonyl (C=O) groups excluding carboxylic acids is 1. The van der Waals surface area contributed by atoms with E-state index >= 15 is 0 Å². The summed E-state index contributed by atoms with van der Waals surface area (Å²) < 4.78 is 5.71. The lowest BCUT2D eigenvalue weighted by molar-refractivity contribution is 0.0582. The predicted molar refractivity (Wildman–Crippen MR) is 80.7 cm³/mol. The number of aromatic nitrogens is 1. The second kappa shape index (κ2) is 8.40. The summed E-state index contributed by atoms with van der Waals surface area (Å²) in [6, 6.07) is 1.66. The van der Waals surface area contributed by atoms with Gasteiger partial charge in [-0.3, -0.25) is 9.78 Å². The number of nitrogens with two attached hydrogens (primary N) is 1. The molecule has 3 N–H and O–H groups in total. The van der Waals surface area contributed by atoms with Gasteiger partial charge in [-0.05, 0) is 18.9 Å². The number of hydrogen-bond acceptors (Lipinski definition) is 4. The van der Waals surface area contributed by atoms with Gasteiger partial charge in [0.05, 0.1) is 30.4 Å². The highest BCUT2D eigenvalue weighted by atomic mass is 16.5. The Morgan fingerprint density at radius 3 is 3.05 bits per heavy atom. The first-order valence-corrected chi connectivity index (χ1v) is 7.34. The van der Waals surface area contributed by atoms with Crippen molar-refractivity contribution in [3.63, 3.8) is 0 Å². The maximum atomic E-state index is 12.1. The van der Waals surface area contributed by atoms with Gasteiger partial charge in [-0.25, -0.2) is 0 Å². The summed E-state index contributed by atoms with van der Waals surface area (Å²) in [5.41, 5.74) is 6.46. The van der Waals surface area contributed by atoms with Gasteiger partial charge in [-0.2, -0.15) is 0 Å². The summed E-state index contributed by atoms with van der Waals surface area (Å²) in [4.78, 5) is 16.1. The van der Waals surface area contributed by atoms with Crippen molar-refractivity contribution < 1.29 is 9.53 Å². The van der Waals surface area contributed by atoms with Crippen LogP contribution in [-0.2, 0) is 4.74 Å². The number of nitrogens with one attached hydrogen (secondary N) is 1. The van der Waals surface area contributed by atoms with Gasteiger partial charge in [0.2, 0.25) is 0 Å². The molecule has 0 bridgehead atoms. The average Bonchev–Trinajstić information content (AvgIpc) is 3.03. The molecule has 0 unspecified atom stereocenters. The van der Waals surface area contributed by atoms with Gasteiger partial charge in [-0.1, -0.05) is 24.7 Å². The van der Waals surface area contributed by atoms with E-state index in [9.17, 15) is 4.79 Å². The number of amides is 1. The molecule has 1 aliphatic rings. The highest BCUT2D eigenvalue weighted by Gasteiger charge is 2.15. The zero-order valence-corrected chi connectivity index (χ0v) is 12.1. The fraction of sp³-hybridized carbons (Fsp3) is 0.500. The third kappa shape index (κ3) is 4.85. The Morgan fingerprint density at radius 1 is 1.48 bits per heavy atom. The molecule has 0 radical (unpaired) electrons. The molecule has 0 atom stereocenters. The quantitative estimate of drug-likeness (QED) is 0.627. The Bertz CT molecular complexity index is 528. The van der Waals surface area contributed by atoms with E-state index in [4.69, 9.17) is 10.5 Å². The van der Waals surface area contributed by atoms with E-state index in [1.54, 1.807) is 18.5 Å². The third-order valence-corrected chi connectivity index (χ3v) is 3.43. The molecule has 1 fully saturated rings. The summed E-state index contributed by atoms with van der Waals surface area (Å²) in [5, 5.41) is 2.85. The van der Waals surface area contributed by atoms with Crippen LogP contribution in [0.4, 0.5) is 0 Å². The molecule has 2 rings (SSSR count). The topological polar surface area (TPSA) is 77.2 Å². The predicted octanol–water partition coefficient (Wildman–Crippen LogP) is 1.08. The lowest BCUT2D eigenvalue weighted by Crippen LogP contribution is -2.29. The maximum Gasteiger partial charge on any atom is 0.252 e. The number of pyridine rings is 1. The van der Waals surface area contributed by atoms with Gasteiger partial charge in [0.25, 0.3) is 5.91 Å². The van der Waals surface area contributed by atoms with Gasteiger partial charge < -0.3 is 15.8 Å². The lowest BCUT2D eigenvalue weighted by Gasteiger charge is -2.11. The zero-order valence-electron chi connectivity index (χ0n) is 12.1.